The van der Waals surface area contributed by atoms with Gasteiger partial charge in [0.1, 0.15) is 0 Å². The van der Waals surface area contributed by atoms with E-state index in [1.54, 1.807) is 16.4 Å². The number of sulfonamides is 1. The van der Waals surface area contributed by atoms with E-state index in [4.69, 9.17) is 5.73 Å². The van der Waals surface area contributed by atoms with Crippen LogP contribution in [-0.2, 0) is 16.6 Å². The highest BCUT2D eigenvalue weighted by Crippen LogP contribution is 2.32. The summed E-state index contributed by atoms with van der Waals surface area (Å²) in [5.41, 5.74) is 7.30. The summed E-state index contributed by atoms with van der Waals surface area (Å²) in [6.45, 7) is 4.68. The Hall–Kier alpha value is -0.910. The molecule has 100 valence electrons. The summed E-state index contributed by atoms with van der Waals surface area (Å²) in [6, 6.07) is 5.53. The number of nitrogens with two attached hydrogens (primary N) is 1. The smallest absolute Gasteiger partial charge is 0.243 e. The van der Waals surface area contributed by atoms with Gasteiger partial charge < -0.3 is 5.73 Å². The fourth-order valence-electron chi connectivity index (χ4n) is 2.24. The molecule has 0 aromatic heterocycles. The van der Waals surface area contributed by atoms with E-state index in [0.717, 1.165) is 24.0 Å². The van der Waals surface area contributed by atoms with E-state index >= 15 is 0 Å². The average molecular weight is 268 g/mol. The van der Waals surface area contributed by atoms with Crippen LogP contribution in [0.1, 0.15) is 30.9 Å². The van der Waals surface area contributed by atoms with Crippen molar-refractivity contribution in [2.24, 2.45) is 5.73 Å². The molecule has 1 saturated carbocycles. The highest BCUT2D eigenvalue weighted by Gasteiger charge is 2.37. The molecule has 0 radical (unpaired) electrons. The van der Waals surface area contributed by atoms with E-state index in [9.17, 15) is 8.42 Å². The fraction of sp³-hybridized carbons (Fsp3) is 0.538. The van der Waals surface area contributed by atoms with Crippen molar-refractivity contribution in [1.82, 2.24) is 4.31 Å². The normalized spacial score (nSPS) is 16.2. The van der Waals surface area contributed by atoms with Crippen molar-refractivity contribution in [2.45, 2.75) is 44.2 Å². The lowest BCUT2D eigenvalue weighted by atomic mass is 10.1. The number of hydrogen-bond acceptors (Lipinski definition) is 3. The van der Waals surface area contributed by atoms with Crippen LogP contribution in [0.15, 0.2) is 23.1 Å². The van der Waals surface area contributed by atoms with E-state index in [1.165, 1.54) is 0 Å². The Balaban J connectivity index is 2.40. The monoisotopic (exact) mass is 268 g/mol. The van der Waals surface area contributed by atoms with Crippen LogP contribution in [0.5, 0.6) is 0 Å². The van der Waals surface area contributed by atoms with Gasteiger partial charge >= 0.3 is 0 Å². The summed E-state index contributed by atoms with van der Waals surface area (Å²) in [4.78, 5) is 0.411. The predicted molar refractivity (Wildman–Crippen MR) is 71.7 cm³/mol. The van der Waals surface area contributed by atoms with Crippen LogP contribution < -0.4 is 5.73 Å². The van der Waals surface area contributed by atoms with Gasteiger partial charge in [-0.15, -0.1) is 0 Å². The van der Waals surface area contributed by atoms with Crippen LogP contribution in [0.3, 0.4) is 0 Å². The number of nitrogens with zero attached hydrogens (tertiary/aromatic N) is 1. The van der Waals surface area contributed by atoms with Crippen molar-refractivity contribution in [3.63, 3.8) is 0 Å². The summed E-state index contributed by atoms with van der Waals surface area (Å²) in [6.07, 6.45) is 1.96. The molecule has 1 aliphatic carbocycles. The van der Waals surface area contributed by atoms with Crippen LogP contribution in [0.2, 0.25) is 0 Å². The van der Waals surface area contributed by atoms with Crippen molar-refractivity contribution >= 4 is 10.0 Å². The lowest BCUT2D eigenvalue weighted by Crippen LogP contribution is -2.33. The molecule has 18 heavy (non-hydrogen) atoms. The zero-order valence-electron chi connectivity index (χ0n) is 10.9. The Morgan fingerprint density at radius 1 is 1.39 bits per heavy atom. The maximum absolute atomic E-state index is 12.6. The van der Waals surface area contributed by atoms with Crippen LogP contribution in [0, 0.1) is 6.92 Å². The second kappa shape index (κ2) is 4.99. The SMILES string of the molecule is CCN(C1CC1)S(=O)(=O)c1ccc(CN)cc1C. The molecule has 0 spiro atoms. The summed E-state index contributed by atoms with van der Waals surface area (Å²) in [7, 11) is -3.35. The molecule has 0 unspecified atom stereocenters. The summed E-state index contributed by atoms with van der Waals surface area (Å²) >= 11 is 0. The lowest BCUT2D eigenvalue weighted by Gasteiger charge is -2.21. The first-order valence-electron chi connectivity index (χ1n) is 6.32. The molecule has 0 saturated heterocycles. The van der Waals surface area contributed by atoms with E-state index < -0.39 is 10.0 Å². The van der Waals surface area contributed by atoms with Crippen molar-refractivity contribution < 1.29 is 8.42 Å². The van der Waals surface area contributed by atoms with Crippen LogP contribution in [0.25, 0.3) is 0 Å². The summed E-state index contributed by atoms with van der Waals surface area (Å²) in [5.74, 6) is 0. The van der Waals surface area contributed by atoms with Crippen LogP contribution >= 0.6 is 0 Å². The second-order valence-electron chi connectivity index (χ2n) is 4.74. The average Bonchev–Trinajstić information content (AvgIpc) is 3.13. The molecule has 0 aliphatic heterocycles. The molecule has 1 fully saturated rings. The van der Waals surface area contributed by atoms with Gasteiger partial charge in [0, 0.05) is 19.1 Å². The Morgan fingerprint density at radius 3 is 2.50 bits per heavy atom. The molecule has 2 N–H and O–H groups in total. The van der Waals surface area contributed by atoms with Gasteiger partial charge in [-0.25, -0.2) is 8.42 Å². The zero-order chi connectivity index (χ0) is 13.3. The van der Waals surface area contributed by atoms with Gasteiger partial charge in [-0.1, -0.05) is 19.1 Å². The molecular weight excluding hydrogens is 248 g/mol. The number of benzene rings is 1. The summed E-state index contributed by atoms with van der Waals surface area (Å²) < 4.78 is 26.7. The molecule has 0 amide bonds. The summed E-state index contributed by atoms with van der Waals surface area (Å²) in [5, 5.41) is 0. The van der Waals surface area contributed by atoms with E-state index in [0.29, 0.717) is 18.0 Å². The standard InChI is InChI=1S/C13H20N2O2S/c1-3-15(12-5-6-12)18(16,17)13-7-4-11(9-14)8-10(13)2/h4,7-8,12H,3,5-6,9,14H2,1-2H3. The maximum Gasteiger partial charge on any atom is 0.243 e. The highest BCUT2D eigenvalue weighted by atomic mass is 32.2. The van der Waals surface area contributed by atoms with Gasteiger partial charge in [0.25, 0.3) is 0 Å². The van der Waals surface area contributed by atoms with E-state index in [2.05, 4.69) is 0 Å². The first-order chi connectivity index (χ1) is 8.50. The first kappa shape index (κ1) is 13.5. The van der Waals surface area contributed by atoms with Gasteiger partial charge in [-0.3, -0.25) is 0 Å². The molecule has 1 aromatic carbocycles. The third-order valence-electron chi connectivity index (χ3n) is 3.33. The number of aryl methyl sites for hydroxylation is 1. The topological polar surface area (TPSA) is 63.4 Å². The largest absolute Gasteiger partial charge is 0.326 e. The molecule has 0 bridgehead atoms. The maximum atomic E-state index is 12.6. The van der Waals surface area contributed by atoms with Gasteiger partial charge in [0.15, 0.2) is 0 Å². The molecule has 1 aliphatic rings. The molecule has 1 aromatic rings. The second-order valence-corrected chi connectivity index (χ2v) is 6.60. The van der Waals surface area contributed by atoms with Gasteiger partial charge in [0.2, 0.25) is 10.0 Å². The number of hydrogen-bond donors (Lipinski definition) is 1. The Kier molecular flexibility index (Phi) is 3.75. The van der Waals surface area contributed by atoms with Crippen molar-refractivity contribution in [1.29, 1.82) is 0 Å². The minimum absolute atomic E-state index is 0.202. The van der Waals surface area contributed by atoms with Crippen molar-refractivity contribution in [3.8, 4) is 0 Å². The zero-order valence-corrected chi connectivity index (χ0v) is 11.7. The van der Waals surface area contributed by atoms with Gasteiger partial charge in [0.05, 0.1) is 4.90 Å². The minimum atomic E-state index is -3.35. The van der Waals surface area contributed by atoms with Crippen LogP contribution in [-0.4, -0.2) is 25.3 Å². The third kappa shape index (κ3) is 2.43. The third-order valence-corrected chi connectivity index (χ3v) is 5.52. The lowest BCUT2D eigenvalue weighted by molar-refractivity contribution is 0.420. The Morgan fingerprint density at radius 2 is 2.06 bits per heavy atom. The molecule has 0 atom stereocenters. The number of rotatable bonds is 5. The molecular formula is C13H20N2O2S. The first-order valence-corrected chi connectivity index (χ1v) is 7.76. The molecule has 4 nitrogen and oxygen atoms in total. The predicted octanol–water partition coefficient (Wildman–Crippen LogP) is 1.63. The molecule has 0 heterocycles. The molecule has 5 heteroatoms. The van der Waals surface area contributed by atoms with E-state index in [1.807, 2.05) is 19.9 Å². The van der Waals surface area contributed by atoms with Crippen molar-refractivity contribution in [2.75, 3.05) is 6.54 Å². The van der Waals surface area contributed by atoms with E-state index in [-0.39, 0.29) is 6.04 Å². The Labute approximate surface area is 109 Å². The molecule has 2 rings (SSSR count). The quantitative estimate of drug-likeness (QED) is 0.882. The Bertz CT molecular complexity index is 536. The van der Waals surface area contributed by atoms with Crippen molar-refractivity contribution in [3.05, 3.63) is 29.3 Å². The van der Waals surface area contributed by atoms with Crippen LogP contribution in [0.4, 0.5) is 0 Å². The minimum Gasteiger partial charge on any atom is -0.326 e. The fourth-order valence-corrected chi connectivity index (χ4v) is 4.14. The van der Waals surface area contributed by atoms with Gasteiger partial charge in [-0.2, -0.15) is 4.31 Å². The van der Waals surface area contributed by atoms with Gasteiger partial charge in [-0.05, 0) is 37.0 Å². The highest BCUT2D eigenvalue weighted by molar-refractivity contribution is 7.89.